The van der Waals surface area contributed by atoms with Gasteiger partial charge in [0.2, 0.25) is 0 Å². The van der Waals surface area contributed by atoms with E-state index in [1.54, 1.807) is 48.5 Å². The fourth-order valence-electron chi connectivity index (χ4n) is 3.46. The Balaban J connectivity index is 2.11. The molecule has 0 aliphatic heterocycles. The summed E-state index contributed by atoms with van der Waals surface area (Å²) < 4.78 is 16.9. The molecule has 6 heteroatoms. The molecular formula is C28H36O6. The first-order chi connectivity index (χ1) is 16.4. The second kappa shape index (κ2) is 14.2. The van der Waals surface area contributed by atoms with Gasteiger partial charge in [0.15, 0.2) is 0 Å². The summed E-state index contributed by atoms with van der Waals surface area (Å²) in [5, 5.41) is 0. The van der Waals surface area contributed by atoms with Gasteiger partial charge >= 0.3 is 17.9 Å². The molecule has 34 heavy (non-hydrogen) atoms. The molecule has 0 aliphatic carbocycles. The van der Waals surface area contributed by atoms with E-state index in [-0.39, 0.29) is 31.7 Å². The monoisotopic (exact) mass is 468 g/mol. The van der Waals surface area contributed by atoms with Crippen molar-refractivity contribution in [2.75, 3.05) is 19.8 Å². The van der Waals surface area contributed by atoms with Crippen molar-refractivity contribution in [3.05, 3.63) is 71.8 Å². The summed E-state index contributed by atoms with van der Waals surface area (Å²) in [4.78, 5) is 37.8. The van der Waals surface area contributed by atoms with Crippen molar-refractivity contribution >= 4 is 17.9 Å². The van der Waals surface area contributed by atoms with Crippen molar-refractivity contribution in [3.8, 4) is 0 Å². The standard InChI is InChI=1S/C28H36O6/c1-4-7-14-22(5-2)25(29)32-19-28(6-3,20-33-26(30)23-15-10-8-11-16-23)21-34-27(31)24-17-12-9-13-18-24/h8-13,15-18,22H,4-7,14,19-21H2,1-3H3. The molecule has 0 spiro atoms. The number of esters is 3. The van der Waals surface area contributed by atoms with Gasteiger partial charge in [-0.1, -0.05) is 70.0 Å². The normalized spacial score (nSPS) is 12.0. The Bertz CT molecular complexity index is 838. The number of carbonyl (C=O) groups is 3. The Kier molecular flexibility index (Phi) is 11.3. The minimum atomic E-state index is -0.854. The highest BCUT2D eigenvalue weighted by Gasteiger charge is 2.35. The Labute approximate surface area is 202 Å². The summed E-state index contributed by atoms with van der Waals surface area (Å²) in [5.41, 5.74) is 0.000844. The van der Waals surface area contributed by atoms with Gasteiger partial charge in [-0.25, -0.2) is 9.59 Å². The Morgan fingerprint density at radius 2 is 1.21 bits per heavy atom. The van der Waals surface area contributed by atoms with Crippen molar-refractivity contribution in [2.24, 2.45) is 11.3 Å². The van der Waals surface area contributed by atoms with Crippen LogP contribution in [-0.4, -0.2) is 37.7 Å². The molecule has 2 aromatic rings. The van der Waals surface area contributed by atoms with E-state index in [9.17, 15) is 14.4 Å². The van der Waals surface area contributed by atoms with E-state index in [4.69, 9.17) is 14.2 Å². The number of unbranched alkanes of at least 4 members (excludes halogenated alkanes) is 1. The summed E-state index contributed by atoms with van der Waals surface area (Å²) in [6.45, 7) is 5.86. The van der Waals surface area contributed by atoms with Crippen LogP contribution < -0.4 is 0 Å². The number of carbonyl (C=O) groups excluding carboxylic acids is 3. The molecule has 0 bridgehead atoms. The Hall–Kier alpha value is -3.15. The largest absolute Gasteiger partial charge is 0.465 e. The first kappa shape index (κ1) is 27.1. The van der Waals surface area contributed by atoms with Crippen LogP contribution in [-0.2, 0) is 19.0 Å². The van der Waals surface area contributed by atoms with Crippen LogP contribution >= 0.6 is 0 Å². The fourth-order valence-corrected chi connectivity index (χ4v) is 3.46. The van der Waals surface area contributed by atoms with Crippen LogP contribution in [0.25, 0.3) is 0 Å². The second-order valence-corrected chi connectivity index (χ2v) is 8.59. The lowest BCUT2D eigenvalue weighted by atomic mass is 9.87. The van der Waals surface area contributed by atoms with Crippen LogP contribution in [0, 0.1) is 11.3 Å². The minimum absolute atomic E-state index is 0.00486. The van der Waals surface area contributed by atoms with Crippen molar-refractivity contribution in [1.82, 2.24) is 0 Å². The van der Waals surface area contributed by atoms with Crippen molar-refractivity contribution in [3.63, 3.8) is 0 Å². The summed E-state index contributed by atoms with van der Waals surface area (Å²) >= 11 is 0. The van der Waals surface area contributed by atoms with Gasteiger partial charge in [0.25, 0.3) is 0 Å². The first-order valence-electron chi connectivity index (χ1n) is 12.1. The summed E-state index contributed by atoms with van der Waals surface area (Å²) in [6, 6.07) is 17.4. The lowest BCUT2D eigenvalue weighted by Gasteiger charge is -2.31. The van der Waals surface area contributed by atoms with Crippen molar-refractivity contribution in [1.29, 1.82) is 0 Å². The smallest absolute Gasteiger partial charge is 0.338 e. The third-order valence-corrected chi connectivity index (χ3v) is 6.04. The van der Waals surface area contributed by atoms with Gasteiger partial charge in [0, 0.05) is 0 Å². The molecule has 0 fully saturated rings. The molecule has 1 unspecified atom stereocenters. The molecule has 2 aromatic carbocycles. The lowest BCUT2D eigenvalue weighted by Crippen LogP contribution is -2.39. The van der Waals surface area contributed by atoms with Crippen LogP contribution in [0.4, 0.5) is 0 Å². The number of benzene rings is 2. The van der Waals surface area contributed by atoms with E-state index >= 15 is 0 Å². The quantitative estimate of drug-likeness (QED) is 0.255. The first-order valence-corrected chi connectivity index (χ1v) is 12.1. The Morgan fingerprint density at radius 3 is 1.62 bits per heavy atom. The molecule has 0 radical (unpaired) electrons. The summed E-state index contributed by atoms with van der Waals surface area (Å²) in [7, 11) is 0. The van der Waals surface area contributed by atoms with Crippen LogP contribution in [0.5, 0.6) is 0 Å². The minimum Gasteiger partial charge on any atom is -0.465 e. The molecule has 1 atom stereocenters. The van der Waals surface area contributed by atoms with Crippen molar-refractivity contribution in [2.45, 2.75) is 52.9 Å². The van der Waals surface area contributed by atoms with Gasteiger partial charge in [0.1, 0.15) is 19.8 Å². The average Bonchev–Trinajstić information content (AvgIpc) is 2.89. The molecule has 0 heterocycles. The van der Waals surface area contributed by atoms with E-state index in [0.717, 1.165) is 19.3 Å². The van der Waals surface area contributed by atoms with Gasteiger partial charge in [-0.3, -0.25) is 4.79 Å². The predicted octanol–water partition coefficient (Wildman–Crippen LogP) is 5.86. The molecule has 0 N–H and O–H groups in total. The van der Waals surface area contributed by atoms with Crippen LogP contribution in [0.15, 0.2) is 60.7 Å². The van der Waals surface area contributed by atoms with E-state index in [1.165, 1.54) is 0 Å². The van der Waals surface area contributed by atoms with E-state index in [2.05, 4.69) is 6.92 Å². The fraction of sp³-hybridized carbons (Fsp3) is 0.464. The van der Waals surface area contributed by atoms with E-state index in [1.807, 2.05) is 26.0 Å². The number of rotatable bonds is 14. The third-order valence-electron chi connectivity index (χ3n) is 6.04. The molecular weight excluding hydrogens is 432 g/mol. The lowest BCUT2D eigenvalue weighted by molar-refractivity contribution is -0.155. The molecule has 0 aliphatic rings. The molecule has 0 aromatic heterocycles. The summed E-state index contributed by atoms with van der Waals surface area (Å²) in [5.74, 6) is -1.40. The molecule has 0 saturated heterocycles. The van der Waals surface area contributed by atoms with Crippen LogP contribution in [0.2, 0.25) is 0 Å². The zero-order chi connectivity index (χ0) is 24.8. The number of ether oxygens (including phenoxy) is 3. The van der Waals surface area contributed by atoms with Gasteiger partial charge in [-0.2, -0.15) is 0 Å². The number of hydrogen-bond acceptors (Lipinski definition) is 6. The van der Waals surface area contributed by atoms with Gasteiger partial charge in [-0.05, 0) is 43.5 Å². The summed E-state index contributed by atoms with van der Waals surface area (Å²) in [6.07, 6.45) is 3.92. The predicted molar refractivity (Wildman–Crippen MR) is 130 cm³/mol. The van der Waals surface area contributed by atoms with Gasteiger partial charge < -0.3 is 14.2 Å². The maximum atomic E-state index is 12.7. The maximum absolute atomic E-state index is 12.7. The molecule has 2 rings (SSSR count). The highest BCUT2D eigenvalue weighted by Crippen LogP contribution is 2.26. The third kappa shape index (κ3) is 8.32. The SMILES string of the molecule is CCCCC(CC)C(=O)OCC(CC)(COC(=O)c1ccccc1)COC(=O)c1ccccc1. The topological polar surface area (TPSA) is 78.9 Å². The molecule has 6 nitrogen and oxygen atoms in total. The zero-order valence-electron chi connectivity index (χ0n) is 20.5. The van der Waals surface area contributed by atoms with Crippen LogP contribution in [0.1, 0.15) is 73.6 Å². The van der Waals surface area contributed by atoms with Crippen molar-refractivity contribution < 1.29 is 28.6 Å². The van der Waals surface area contributed by atoms with Crippen LogP contribution in [0.3, 0.4) is 0 Å². The number of hydrogen-bond donors (Lipinski definition) is 0. The van der Waals surface area contributed by atoms with Gasteiger partial charge in [-0.15, -0.1) is 0 Å². The zero-order valence-corrected chi connectivity index (χ0v) is 20.5. The maximum Gasteiger partial charge on any atom is 0.338 e. The molecule has 0 saturated carbocycles. The van der Waals surface area contributed by atoms with Gasteiger partial charge in [0.05, 0.1) is 22.5 Å². The molecule has 0 amide bonds. The highest BCUT2D eigenvalue weighted by molar-refractivity contribution is 5.89. The second-order valence-electron chi connectivity index (χ2n) is 8.59. The van der Waals surface area contributed by atoms with E-state index < -0.39 is 17.4 Å². The average molecular weight is 469 g/mol. The molecule has 184 valence electrons. The highest BCUT2D eigenvalue weighted by atomic mass is 16.6. The Morgan fingerprint density at radius 1 is 0.735 bits per heavy atom. The van der Waals surface area contributed by atoms with E-state index in [0.29, 0.717) is 24.0 Å².